The molecule has 3 N–H and O–H groups in total. The van der Waals surface area contributed by atoms with Crippen molar-refractivity contribution in [2.45, 2.75) is 25.8 Å². The van der Waals surface area contributed by atoms with Gasteiger partial charge >= 0.3 is 0 Å². The molecule has 0 radical (unpaired) electrons. The largest absolute Gasteiger partial charge is 0.358 e. The molecule has 0 aliphatic heterocycles. The highest BCUT2D eigenvalue weighted by Gasteiger charge is 2.11. The van der Waals surface area contributed by atoms with Crippen LogP contribution in [0.5, 0.6) is 0 Å². The van der Waals surface area contributed by atoms with Gasteiger partial charge in [-0.1, -0.05) is 31.2 Å². The molecule has 0 aliphatic rings. The van der Waals surface area contributed by atoms with Crippen molar-refractivity contribution in [1.82, 2.24) is 5.32 Å². The maximum Gasteiger partial charge on any atom is 0.237 e. The minimum absolute atomic E-state index is 0.116. The Morgan fingerprint density at radius 2 is 1.87 bits per heavy atom. The van der Waals surface area contributed by atoms with Gasteiger partial charge in [0.25, 0.3) is 0 Å². The molecule has 0 heterocycles. The Labute approximate surface area is 90.7 Å². The fourth-order valence-electron chi connectivity index (χ4n) is 1.44. The van der Waals surface area contributed by atoms with E-state index in [-0.39, 0.29) is 5.91 Å². The first-order valence-corrected chi connectivity index (χ1v) is 5.22. The molecule has 3 heteroatoms. The van der Waals surface area contributed by atoms with E-state index in [2.05, 4.69) is 24.4 Å². The van der Waals surface area contributed by atoms with Gasteiger partial charge in [0, 0.05) is 7.05 Å². The molecular weight excluding hydrogens is 188 g/mol. The summed E-state index contributed by atoms with van der Waals surface area (Å²) in [6, 6.07) is 7.75. The average molecular weight is 206 g/mol. The van der Waals surface area contributed by atoms with Gasteiger partial charge in [-0.05, 0) is 24.0 Å². The van der Waals surface area contributed by atoms with Crippen LogP contribution in [0.4, 0.5) is 0 Å². The number of hydrogen-bond donors (Lipinski definition) is 2. The molecule has 0 bridgehead atoms. The van der Waals surface area contributed by atoms with Gasteiger partial charge in [0.05, 0.1) is 6.04 Å². The molecule has 82 valence electrons. The zero-order chi connectivity index (χ0) is 11.3. The van der Waals surface area contributed by atoms with Crippen LogP contribution in [0.3, 0.4) is 0 Å². The number of nitrogens with one attached hydrogen (secondary N) is 1. The molecule has 1 atom stereocenters. The van der Waals surface area contributed by atoms with E-state index in [4.69, 9.17) is 5.73 Å². The molecule has 0 aromatic heterocycles. The molecule has 1 unspecified atom stereocenters. The predicted molar refractivity (Wildman–Crippen MR) is 61.6 cm³/mol. The maximum absolute atomic E-state index is 11.2. The number of amides is 1. The van der Waals surface area contributed by atoms with Crippen LogP contribution in [-0.2, 0) is 17.6 Å². The standard InChI is InChI=1S/C12H18N2O/c1-3-9-4-6-10(7-5-9)8-11(13)12(15)14-2/h4-7,11H,3,8,13H2,1-2H3,(H,14,15). The quantitative estimate of drug-likeness (QED) is 0.768. The summed E-state index contributed by atoms with van der Waals surface area (Å²) in [7, 11) is 1.60. The molecular formula is C12H18N2O. The Hall–Kier alpha value is -1.35. The third kappa shape index (κ3) is 3.36. The lowest BCUT2D eigenvalue weighted by molar-refractivity contribution is -0.121. The molecule has 15 heavy (non-hydrogen) atoms. The predicted octanol–water partition coefficient (Wildman–Crippen LogP) is 0.865. The fraction of sp³-hybridized carbons (Fsp3) is 0.417. The van der Waals surface area contributed by atoms with Crippen molar-refractivity contribution >= 4 is 5.91 Å². The summed E-state index contributed by atoms with van der Waals surface area (Å²) < 4.78 is 0. The molecule has 1 rings (SSSR count). The number of carbonyl (C=O) groups excluding carboxylic acids is 1. The van der Waals surface area contributed by atoms with Crippen LogP contribution in [0.25, 0.3) is 0 Å². The topological polar surface area (TPSA) is 55.1 Å². The Bertz CT molecular complexity index is 319. The van der Waals surface area contributed by atoms with Gasteiger partial charge in [0.1, 0.15) is 0 Å². The van der Waals surface area contributed by atoms with E-state index in [9.17, 15) is 4.79 Å². The molecule has 3 nitrogen and oxygen atoms in total. The number of benzene rings is 1. The summed E-state index contributed by atoms with van der Waals surface area (Å²) >= 11 is 0. The number of hydrogen-bond acceptors (Lipinski definition) is 2. The van der Waals surface area contributed by atoms with Gasteiger partial charge in [-0.25, -0.2) is 0 Å². The number of rotatable bonds is 4. The van der Waals surface area contributed by atoms with Crippen molar-refractivity contribution in [2.24, 2.45) is 5.73 Å². The van der Waals surface area contributed by atoms with E-state index in [1.54, 1.807) is 7.05 Å². The summed E-state index contributed by atoms with van der Waals surface area (Å²) in [5.41, 5.74) is 8.12. The van der Waals surface area contributed by atoms with Crippen LogP contribution in [0.2, 0.25) is 0 Å². The third-order valence-corrected chi connectivity index (χ3v) is 2.47. The lowest BCUT2D eigenvalue weighted by Crippen LogP contribution is -2.40. The lowest BCUT2D eigenvalue weighted by Gasteiger charge is -2.10. The lowest BCUT2D eigenvalue weighted by atomic mass is 10.0. The molecule has 0 fully saturated rings. The first-order chi connectivity index (χ1) is 7.17. The van der Waals surface area contributed by atoms with Crippen LogP contribution < -0.4 is 11.1 Å². The SMILES string of the molecule is CCc1ccc(CC(N)C(=O)NC)cc1. The van der Waals surface area contributed by atoms with Gasteiger partial charge < -0.3 is 11.1 Å². The first-order valence-electron chi connectivity index (χ1n) is 5.22. The Morgan fingerprint density at radius 1 is 1.33 bits per heavy atom. The molecule has 1 amide bonds. The second-order valence-electron chi connectivity index (χ2n) is 3.59. The van der Waals surface area contributed by atoms with E-state index in [1.165, 1.54) is 5.56 Å². The summed E-state index contributed by atoms with van der Waals surface area (Å²) in [5.74, 6) is -0.116. The maximum atomic E-state index is 11.2. The minimum atomic E-state index is -0.456. The second kappa shape index (κ2) is 5.51. The normalized spacial score (nSPS) is 12.2. The zero-order valence-corrected chi connectivity index (χ0v) is 9.29. The summed E-state index contributed by atoms with van der Waals surface area (Å²) in [6.07, 6.45) is 1.62. The number of carbonyl (C=O) groups is 1. The van der Waals surface area contributed by atoms with E-state index in [0.29, 0.717) is 6.42 Å². The third-order valence-electron chi connectivity index (χ3n) is 2.47. The van der Waals surface area contributed by atoms with Crippen LogP contribution in [-0.4, -0.2) is 19.0 Å². The molecule has 1 aromatic rings. The average Bonchev–Trinajstić information content (AvgIpc) is 2.29. The highest BCUT2D eigenvalue weighted by molar-refractivity contribution is 5.81. The van der Waals surface area contributed by atoms with Gasteiger partial charge in [0.2, 0.25) is 5.91 Å². The second-order valence-corrected chi connectivity index (χ2v) is 3.59. The Kier molecular flexibility index (Phi) is 4.31. The van der Waals surface area contributed by atoms with Crippen molar-refractivity contribution in [2.75, 3.05) is 7.05 Å². The van der Waals surface area contributed by atoms with E-state index >= 15 is 0 Å². The van der Waals surface area contributed by atoms with Gasteiger partial charge in [-0.2, -0.15) is 0 Å². The van der Waals surface area contributed by atoms with Gasteiger partial charge in [-0.3, -0.25) is 4.79 Å². The van der Waals surface area contributed by atoms with E-state index < -0.39 is 6.04 Å². The molecule has 0 spiro atoms. The number of likely N-dealkylation sites (N-methyl/N-ethyl adjacent to an activating group) is 1. The molecule has 0 aliphatic carbocycles. The Morgan fingerprint density at radius 3 is 2.33 bits per heavy atom. The molecule has 1 aromatic carbocycles. The number of aryl methyl sites for hydroxylation is 1. The molecule has 0 saturated heterocycles. The van der Waals surface area contributed by atoms with Crippen molar-refractivity contribution in [1.29, 1.82) is 0 Å². The number of nitrogens with two attached hydrogens (primary N) is 1. The van der Waals surface area contributed by atoms with Crippen molar-refractivity contribution in [3.63, 3.8) is 0 Å². The van der Waals surface area contributed by atoms with Crippen molar-refractivity contribution < 1.29 is 4.79 Å². The highest BCUT2D eigenvalue weighted by Crippen LogP contribution is 2.06. The van der Waals surface area contributed by atoms with Gasteiger partial charge in [-0.15, -0.1) is 0 Å². The van der Waals surface area contributed by atoms with E-state index in [0.717, 1.165) is 12.0 Å². The van der Waals surface area contributed by atoms with Crippen molar-refractivity contribution in [3.8, 4) is 0 Å². The highest BCUT2D eigenvalue weighted by atomic mass is 16.2. The van der Waals surface area contributed by atoms with Crippen LogP contribution in [0.1, 0.15) is 18.1 Å². The fourth-order valence-corrected chi connectivity index (χ4v) is 1.44. The zero-order valence-electron chi connectivity index (χ0n) is 9.29. The Balaban J connectivity index is 2.60. The molecule has 0 saturated carbocycles. The smallest absolute Gasteiger partial charge is 0.237 e. The van der Waals surface area contributed by atoms with E-state index in [1.807, 2.05) is 12.1 Å². The van der Waals surface area contributed by atoms with Crippen LogP contribution in [0, 0.1) is 0 Å². The first kappa shape index (κ1) is 11.7. The van der Waals surface area contributed by atoms with Gasteiger partial charge in [0.15, 0.2) is 0 Å². The van der Waals surface area contributed by atoms with Crippen LogP contribution in [0.15, 0.2) is 24.3 Å². The van der Waals surface area contributed by atoms with Crippen molar-refractivity contribution in [3.05, 3.63) is 35.4 Å². The summed E-state index contributed by atoms with van der Waals surface area (Å²) in [4.78, 5) is 11.2. The monoisotopic (exact) mass is 206 g/mol. The summed E-state index contributed by atoms with van der Waals surface area (Å²) in [5, 5.41) is 2.54. The minimum Gasteiger partial charge on any atom is -0.358 e. The van der Waals surface area contributed by atoms with Crippen LogP contribution >= 0.6 is 0 Å². The summed E-state index contributed by atoms with van der Waals surface area (Å²) in [6.45, 7) is 2.12.